The van der Waals surface area contributed by atoms with Gasteiger partial charge in [0.15, 0.2) is 0 Å². The van der Waals surface area contributed by atoms with Crippen LogP contribution in [-0.2, 0) is 10.8 Å². The Labute approximate surface area is 358 Å². The minimum absolute atomic E-state index is 0.0775. The largest absolute Gasteiger partial charge is 0.455 e. The summed E-state index contributed by atoms with van der Waals surface area (Å²) in [4.78, 5) is 2.51. The molecule has 0 radical (unpaired) electrons. The van der Waals surface area contributed by atoms with Gasteiger partial charge >= 0.3 is 0 Å². The minimum Gasteiger partial charge on any atom is -0.455 e. The van der Waals surface area contributed by atoms with E-state index in [4.69, 9.17) is 4.42 Å². The van der Waals surface area contributed by atoms with E-state index in [-0.39, 0.29) is 10.8 Å². The van der Waals surface area contributed by atoms with Gasteiger partial charge in [-0.25, -0.2) is 0 Å². The summed E-state index contributed by atoms with van der Waals surface area (Å²) in [7, 11) is 0. The molecule has 0 atom stereocenters. The first kappa shape index (κ1) is 36.9. The predicted molar refractivity (Wildman–Crippen MR) is 258 cm³/mol. The van der Waals surface area contributed by atoms with Gasteiger partial charge in [-0.3, -0.25) is 0 Å². The van der Waals surface area contributed by atoms with E-state index in [1.165, 1.54) is 49.7 Å². The number of anilines is 3. The van der Waals surface area contributed by atoms with Crippen LogP contribution in [0.3, 0.4) is 0 Å². The van der Waals surface area contributed by atoms with Crippen LogP contribution in [-0.4, -0.2) is 0 Å². The number of fused-ring (bicyclic) bond motifs is 7. The quantitative estimate of drug-likeness (QED) is 0.167. The molecule has 9 aromatic carbocycles. The van der Waals surface area contributed by atoms with Crippen LogP contribution in [0, 0.1) is 0 Å². The third-order valence-corrected chi connectivity index (χ3v) is 13.1. The van der Waals surface area contributed by atoms with Crippen molar-refractivity contribution in [2.24, 2.45) is 0 Å². The van der Waals surface area contributed by atoms with Gasteiger partial charge in [0.25, 0.3) is 0 Å². The standard InChI is InChI=1S/C59H47NO/c1-58(2,3)42-30-26-38(27-31-42)41-29-34-53(50(36-41)39-16-7-6-8-17-39)60(43-32-33-46-45-20-11-13-24-51(45)59(4,5)52(46)37-43)54-35-28-40-18-9-10-19-44(40)56(54)49-23-15-22-48-47-21-12-14-25-55(47)61-57(48)49/h6-37H,1-5H3. The van der Waals surface area contributed by atoms with Gasteiger partial charge in [-0.15, -0.1) is 0 Å². The van der Waals surface area contributed by atoms with Crippen molar-refractivity contribution >= 4 is 49.8 Å². The fraction of sp³-hybridized carbons (Fsp3) is 0.119. The maximum Gasteiger partial charge on any atom is 0.143 e. The Balaban J connectivity index is 1.22. The van der Waals surface area contributed by atoms with Gasteiger partial charge in [-0.1, -0.05) is 192 Å². The first-order chi connectivity index (χ1) is 29.6. The SMILES string of the molecule is CC(C)(C)c1ccc(-c2ccc(N(c3ccc4c(c3)C(C)(C)c3ccccc3-4)c3ccc4ccccc4c3-c3cccc4c3oc3ccccc34)c(-c3ccccc3)c2)cc1. The van der Waals surface area contributed by atoms with Crippen molar-refractivity contribution in [1.82, 2.24) is 0 Å². The van der Waals surface area contributed by atoms with Gasteiger partial charge in [0.05, 0.1) is 11.4 Å². The van der Waals surface area contributed by atoms with E-state index in [1.54, 1.807) is 0 Å². The topological polar surface area (TPSA) is 16.4 Å². The van der Waals surface area contributed by atoms with Crippen molar-refractivity contribution in [3.63, 3.8) is 0 Å². The summed E-state index contributed by atoms with van der Waals surface area (Å²) in [5.74, 6) is 0. The fourth-order valence-corrected chi connectivity index (χ4v) is 9.83. The molecule has 0 unspecified atom stereocenters. The van der Waals surface area contributed by atoms with E-state index in [9.17, 15) is 0 Å². The van der Waals surface area contributed by atoms with Crippen molar-refractivity contribution in [2.75, 3.05) is 4.90 Å². The Morgan fingerprint density at radius 1 is 0.443 bits per heavy atom. The molecule has 1 heterocycles. The zero-order chi connectivity index (χ0) is 41.5. The summed E-state index contributed by atoms with van der Waals surface area (Å²) in [6.45, 7) is 11.5. The highest BCUT2D eigenvalue weighted by atomic mass is 16.3. The first-order valence-corrected chi connectivity index (χ1v) is 21.4. The summed E-state index contributed by atoms with van der Waals surface area (Å²) in [5.41, 5.74) is 18.5. The van der Waals surface area contributed by atoms with Crippen LogP contribution in [0.2, 0.25) is 0 Å². The van der Waals surface area contributed by atoms with E-state index in [1.807, 2.05) is 0 Å². The van der Waals surface area contributed by atoms with Crippen molar-refractivity contribution < 1.29 is 4.42 Å². The van der Waals surface area contributed by atoms with E-state index in [2.05, 4.69) is 234 Å². The highest BCUT2D eigenvalue weighted by Crippen LogP contribution is 2.54. The van der Waals surface area contributed by atoms with Gasteiger partial charge in [-0.2, -0.15) is 0 Å². The number of furan rings is 1. The lowest BCUT2D eigenvalue weighted by atomic mass is 9.82. The summed E-state index contributed by atoms with van der Waals surface area (Å²) in [6, 6.07) is 71.4. The van der Waals surface area contributed by atoms with Crippen molar-refractivity contribution in [3.05, 3.63) is 211 Å². The van der Waals surface area contributed by atoms with Gasteiger partial charge in [-0.05, 0) is 97.1 Å². The van der Waals surface area contributed by atoms with Crippen LogP contribution in [0.25, 0.3) is 77.2 Å². The number of nitrogens with zero attached hydrogens (tertiary/aromatic N) is 1. The minimum atomic E-state index is -0.176. The zero-order valence-electron chi connectivity index (χ0n) is 35.3. The first-order valence-electron chi connectivity index (χ1n) is 21.4. The monoisotopic (exact) mass is 785 g/mol. The molecule has 0 aliphatic heterocycles. The third kappa shape index (κ3) is 6.00. The number of benzene rings is 9. The number of hydrogen-bond donors (Lipinski definition) is 0. The molecule has 294 valence electrons. The van der Waals surface area contributed by atoms with Crippen LogP contribution in [0.1, 0.15) is 51.3 Å². The van der Waals surface area contributed by atoms with Crippen LogP contribution in [0.4, 0.5) is 17.1 Å². The Bertz CT molecular complexity index is 3310. The molecule has 0 saturated carbocycles. The summed E-state index contributed by atoms with van der Waals surface area (Å²) in [5, 5.41) is 4.58. The van der Waals surface area contributed by atoms with Crippen LogP contribution >= 0.6 is 0 Å². The maximum atomic E-state index is 6.83. The van der Waals surface area contributed by atoms with Crippen molar-refractivity contribution in [1.29, 1.82) is 0 Å². The molecule has 61 heavy (non-hydrogen) atoms. The van der Waals surface area contributed by atoms with Crippen LogP contribution in [0.5, 0.6) is 0 Å². The molecule has 0 saturated heterocycles. The molecule has 1 aliphatic rings. The number of para-hydroxylation sites is 2. The smallest absolute Gasteiger partial charge is 0.143 e. The molecule has 1 aliphatic carbocycles. The Morgan fingerprint density at radius 3 is 1.92 bits per heavy atom. The highest BCUT2D eigenvalue weighted by Gasteiger charge is 2.36. The number of rotatable bonds is 6. The van der Waals surface area contributed by atoms with E-state index in [0.29, 0.717) is 0 Å². The molecule has 0 amide bonds. The average Bonchev–Trinajstić information content (AvgIpc) is 3.78. The molecule has 11 rings (SSSR count). The lowest BCUT2D eigenvalue weighted by Gasteiger charge is -2.32. The fourth-order valence-electron chi connectivity index (χ4n) is 9.83. The van der Waals surface area contributed by atoms with Crippen LogP contribution < -0.4 is 4.90 Å². The molecular weight excluding hydrogens is 739 g/mol. The van der Waals surface area contributed by atoms with E-state index < -0.39 is 0 Å². The zero-order valence-corrected chi connectivity index (χ0v) is 35.3. The van der Waals surface area contributed by atoms with Crippen molar-refractivity contribution in [3.8, 4) is 44.5 Å². The van der Waals surface area contributed by atoms with Gasteiger partial charge in [0.2, 0.25) is 0 Å². The van der Waals surface area contributed by atoms with Gasteiger partial charge < -0.3 is 9.32 Å². The third-order valence-electron chi connectivity index (χ3n) is 13.1. The molecule has 0 N–H and O–H groups in total. The second kappa shape index (κ2) is 14.0. The average molecular weight is 786 g/mol. The molecule has 1 aromatic heterocycles. The number of hydrogen-bond acceptors (Lipinski definition) is 2. The molecule has 0 fully saturated rings. The molecule has 2 nitrogen and oxygen atoms in total. The van der Waals surface area contributed by atoms with Gasteiger partial charge in [0, 0.05) is 38.6 Å². The molecule has 0 spiro atoms. The highest BCUT2D eigenvalue weighted by molar-refractivity contribution is 6.15. The normalized spacial score (nSPS) is 13.1. The Morgan fingerprint density at radius 2 is 1.10 bits per heavy atom. The van der Waals surface area contributed by atoms with Gasteiger partial charge in [0.1, 0.15) is 11.2 Å². The second-order valence-electron chi connectivity index (χ2n) is 18.1. The Hall–Kier alpha value is -7.16. The second-order valence-corrected chi connectivity index (χ2v) is 18.1. The summed E-state index contributed by atoms with van der Waals surface area (Å²) < 4.78 is 6.83. The Kier molecular flexibility index (Phi) is 8.44. The van der Waals surface area contributed by atoms with E-state index >= 15 is 0 Å². The molecule has 2 heteroatoms. The maximum absolute atomic E-state index is 6.83. The lowest BCUT2D eigenvalue weighted by Crippen LogP contribution is -2.17. The molecular formula is C59H47NO. The molecule has 0 bridgehead atoms. The predicted octanol–water partition coefficient (Wildman–Crippen LogP) is 16.8. The van der Waals surface area contributed by atoms with E-state index in [0.717, 1.165) is 61.3 Å². The van der Waals surface area contributed by atoms with Crippen molar-refractivity contribution in [2.45, 2.75) is 45.4 Å². The summed E-state index contributed by atoms with van der Waals surface area (Å²) in [6.07, 6.45) is 0. The summed E-state index contributed by atoms with van der Waals surface area (Å²) >= 11 is 0. The van der Waals surface area contributed by atoms with Crippen LogP contribution in [0.15, 0.2) is 199 Å². The lowest BCUT2D eigenvalue weighted by molar-refractivity contribution is 0.590. The molecule has 10 aromatic rings.